The van der Waals surface area contributed by atoms with Crippen LogP contribution in [0.25, 0.3) is 0 Å². The minimum atomic E-state index is -0.560. The lowest BCUT2D eigenvalue weighted by atomic mass is 10.0. The Bertz CT molecular complexity index is 704. The highest BCUT2D eigenvalue weighted by Gasteiger charge is 2.23. The largest absolute Gasteiger partial charge is 0.448 e. The van der Waals surface area contributed by atoms with E-state index in [0.717, 1.165) is 32.0 Å². The molecule has 1 aromatic heterocycles. The summed E-state index contributed by atoms with van der Waals surface area (Å²) in [4.78, 5) is 18.1. The molecular weight excluding hydrogens is 316 g/mol. The van der Waals surface area contributed by atoms with Crippen LogP contribution in [0.5, 0.6) is 0 Å². The maximum atomic E-state index is 13.2. The third-order valence-electron chi connectivity index (χ3n) is 4.21. The normalized spacial score (nSPS) is 16.3. The van der Waals surface area contributed by atoms with Gasteiger partial charge < -0.3 is 9.73 Å². The highest BCUT2D eigenvalue weighted by molar-refractivity contribution is 5.93. The monoisotopic (exact) mass is 335 g/mol. The molecule has 1 fully saturated rings. The first-order valence-electron chi connectivity index (χ1n) is 7.89. The molecule has 24 heavy (non-hydrogen) atoms. The van der Waals surface area contributed by atoms with E-state index in [-0.39, 0.29) is 11.9 Å². The van der Waals surface area contributed by atoms with Crippen molar-refractivity contribution in [3.8, 4) is 0 Å². The Morgan fingerprint density at radius 3 is 2.54 bits per heavy atom. The molecule has 0 atom stereocenters. The zero-order chi connectivity index (χ0) is 17.1. The van der Waals surface area contributed by atoms with E-state index in [1.165, 1.54) is 18.5 Å². The molecule has 1 N–H and O–H groups in total. The van der Waals surface area contributed by atoms with E-state index in [0.29, 0.717) is 23.6 Å². The predicted octanol–water partition coefficient (Wildman–Crippen LogP) is 2.66. The first-order chi connectivity index (χ1) is 11.5. The average Bonchev–Trinajstić information content (AvgIpc) is 2.94. The summed E-state index contributed by atoms with van der Waals surface area (Å²) >= 11 is 0. The van der Waals surface area contributed by atoms with Gasteiger partial charge in [-0.25, -0.2) is 13.8 Å². The Labute approximate surface area is 138 Å². The number of hydrogen-bond acceptors (Lipinski definition) is 4. The first kappa shape index (κ1) is 16.6. The number of halogens is 2. The molecular formula is C17H19F2N3O2. The van der Waals surface area contributed by atoms with Crippen LogP contribution in [0.1, 0.15) is 34.7 Å². The summed E-state index contributed by atoms with van der Waals surface area (Å²) < 4.78 is 31.5. The molecule has 1 aromatic carbocycles. The molecule has 0 saturated carbocycles. The molecule has 7 heteroatoms. The van der Waals surface area contributed by atoms with Gasteiger partial charge in [-0.1, -0.05) is 0 Å². The molecule has 0 spiro atoms. The smallest absolute Gasteiger partial charge is 0.273 e. The van der Waals surface area contributed by atoms with Crippen molar-refractivity contribution in [3.63, 3.8) is 0 Å². The molecule has 2 heterocycles. The SMILES string of the molecule is Cc1ocnc1C(=O)NC1CCN(Cc2cc(F)cc(F)c2)CC1. The van der Waals surface area contributed by atoms with E-state index in [1.54, 1.807) is 6.92 Å². The van der Waals surface area contributed by atoms with Gasteiger partial charge in [0.2, 0.25) is 0 Å². The average molecular weight is 335 g/mol. The quantitative estimate of drug-likeness (QED) is 0.933. The summed E-state index contributed by atoms with van der Waals surface area (Å²) in [5.74, 6) is -0.852. The number of oxazole rings is 1. The van der Waals surface area contributed by atoms with Crippen molar-refractivity contribution in [3.05, 3.63) is 53.2 Å². The van der Waals surface area contributed by atoms with Crippen LogP contribution < -0.4 is 5.32 Å². The number of benzene rings is 1. The molecule has 5 nitrogen and oxygen atoms in total. The van der Waals surface area contributed by atoms with Gasteiger partial charge in [-0.05, 0) is 37.5 Å². The minimum Gasteiger partial charge on any atom is -0.448 e. The predicted molar refractivity (Wildman–Crippen MR) is 83.4 cm³/mol. The van der Waals surface area contributed by atoms with Gasteiger partial charge in [-0.2, -0.15) is 0 Å². The van der Waals surface area contributed by atoms with Crippen LogP contribution >= 0.6 is 0 Å². The number of rotatable bonds is 4. The molecule has 1 aliphatic rings. The third-order valence-corrected chi connectivity index (χ3v) is 4.21. The van der Waals surface area contributed by atoms with Crippen molar-refractivity contribution in [1.29, 1.82) is 0 Å². The molecule has 0 bridgehead atoms. The number of nitrogens with one attached hydrogen (secondary N) is 1. The van der Waals surface area contributed by atoms with Crippen LogP contribution in [0, 0.1) is 18.6 Å². The second-order valence-corrected chi connectivity index (χ2v) is 6.06. The highest BCUT2D eigenvalue weighted by Crippen LogP contribution is 2.16. The number of hydrogen-bond donors (Lipinski definition) is 1. The van der Waals surface area contributed by atoms with E-state index in [1.807, 2.05) is 0 Å². The fraction of sp³-hybridized carbons (Fsp3) is 0.412. The van der Waals surface area contributed by atoms with Crippen molar-refractivity contribution >= 4 is 5.91 Å². The summed E-state index contributed by atoms with van der Waals surface area (Å²) in [6.45, 7) is 3.70. The highest BCUT2D eigenvalue weighted by atomic mass is 19.1. The fourth-order valence-corrected chi connectivity index (χ4v) is 2.97. The fourth-order valence-electron chi connectivity index (χ4n) is 2.97. The zero-order valence-corrected chi connectivity index (χ0v) is 13.4. The van der Waals surface area contributed by atoms with Crippen LogP contribution in [0.15, 0.2) is 29.0 Å². The standard InChI is InChI=1S/C17H19F2N3O2/c1-11-16(20-10-24-11)17(23)21-15-2-4-22(5-3-15)9-12-6-13(18)8-14(19)7-12/h6-8,10,15H,2-5,9H2,1H3,(H,21,23). The molecule has 0 aliphatic carbocycles. The Morgan fingerprint density at radius 1 is 1.29 bits per heavy atom. The van der Waals surface area contributed by atoms with E-state index in [4.69, 9.17) is 4.42 Å². The number of piperidine rings is 1. The molecule has 128 valence electrons. The van der Waals surface area contributed by atoms with Gasteiger partial charge in [-0.15, -0.1) is 0 Å². The van der Waals surface area contributed by atoms with E-state index in [9.17, 15) is 13.6 Å². The van der Waals surface area contributed by atoms with E-state index >= 15 is 0 Å². The van der Waals surface area contributed by atoms with Crippen LogP contribution in [0.3, 0.4) is 0 Å². The summed E-state index contributed by atoms with van der Waals surface area (Å²) in [5.41, 5.74) is 0.931. The third kappa shape index (κ3) is 3.97. The van der Waals surface area contributed by atoms with Crippen molar-refractivity contribution < 1.29 is 18.0 Å². The number of aromatic nitrogens is 1. The second kappa shape index (κ2) is 7.09. The summed E-state index contributed by atoms with van der Waals surface area (Å²) in [5, 5.41) is 2.96. The lowest BCUT2D eigenvalue weighted by molar-refractivity contribution is 0.0903. The minimum absolute atomic E-state index is 0.0640. The van der Waals surface area contributed by atoms with Crippen LogP contribution in [0.2, 0.25) is 0 Å². The Kier molecular flexibility index (Phi) is 4.89. The number of amides is 1. The van der Waals surface area contributed by atoms with Crippen LogP contribution in [0.4, 0.5) is 8.78 Å². The molecule has 1 amide bonds. The summed E-state index contributed by atoms with van der Waals surface area (Å²) in [6, 6.07) is 3.64. The van der Waals surface area contributed by atoms with Crippen LogP contribution in [-0.2, 0) is 6.54 Å². The maximum Gasteiger partial charge on any atom is 0.273 e. The number of carbonyl (C=O) groups excluding carboxylic acids is 1. The molecule has 1 saturated heterocycles. The van der Waals surface area contributed by atoms with E-state index < -0.39 is 11.6 Å². The van der Waals surface area contributed by atoms with Gasteiger partial charge in [0, 0.05) is 31.7 Å². The summed E-state index contributed by atoms with van der Waals surface area (Å²) in [7, 11) is 0. The van der Waals surface area contributed by atoms with Gasteiger partial charge >= 0.3 is 0 Å². The number of carbonyl (C=O) groups is 1. The maximum absolute atomic E-state index is 13.2. The van der Waals surface area contributed by atoms with Gasteiger partial charge in [0.1, 0.15) is 17.4 Å². The number of aryl methyl sites for hydroxylation is 1. The van der Waals surface area contributed by atoms with Gasteiger partial charge in [0.15, 0.2) is 12.1 Å². The second-order valence-electron chi connectivity index (χ2n) is 6.06. The van der Waals surface area contributed by atoms with Crippen molar-refractivity contribution in [2.75, 3.05) is 13.1 Å². The molecule has 0 radical (unpaired) electrons. The lowest BCUT2D eigenvalue weighted by Gasteiger charge is -2.32. The molecule has 0 unspecified atom stereocenters. The van der Waals surface area contributed by atoms with Crippen LogP contribution in [-0.4, -0.2) is 34.9 Å². The van der Waals surface area contributed by atoms with E-state index in [2.05, 4.69) is 15.2 Å². The molecule has 1 aliphatic heterocycles. The van der Waals surface area contributed by atoms with Gasteiger partial charge in [0.05, 0.1) is 0 Å². The zero-order valence-electron chi connectivity index (χ0n) is 13.4. The molecule has 2 aromatic rings. The Hall–Kier alpha value is -2.28. The van der Waals surface area contributed by atoms with Gasteiger partial charge in [0.25, 0.3) is 5.91 Å². The first-order valence-corrected chi connectivity index (χ1v) is 7.89. The number of nitrogens with zero attached hydrogens (tertiary/aromatic N) is 2. The summed E-state index contributed by atoms with van der Waals surface area (Å²) in [6.07, 6.45) is 2.81. The molecule has 3 rings (SSSR count). The Balaban J connectivity index is 1.50. The van der Waals surface area contributed by atoms with Crippen molar-refractivity contribution in [2.24, 2.45) is 0 Å². The van der Waals surface area contributed by atoms with Crippen molar-refractivity contribution in [2.45, 2.75) is 32.4 Å². The topological polar surface area (TPSA) is 58.4 Å². The lowest BCUT2D eigenvalue weighted by Crippen LogP contribution is -2.44. The number of likely N-dealkylation sites (tertiary alicyclic amines) is 1. The van der Waals surface area contributed by atoms with Crippen molar-refractivity contribution in [1.82, 2.24) is 15.2 Å². The Morgan fingerprint density at radius 2 is 1.96 bits per heavy atom. The van der Waals surface area contributed by atoms with Gasteiger partial charge in [-0.3, -0.25) is 9.69 Å².